The van der Waals surface area contributed by atoms with Gasteiger partial charge in [-0.15, -0.1) is 24.0 Å². The average Bonchev–Trinajstić information content (AvgIpc) is 2.92. The van der Waals surface area contributed by atoms with Crippen LogP contribution in [0.4, 0.5) is 0 Å². The van der Waals surface area contributed by atoms with Crippen molar-refractivity contribution in [2.75, 3.05) is 46.3 Å². The maximum absolute atomic E-state index is 12.4. The van der Waals surface area contributed by atoms with Gasteiger partial charge in [-0.05, 0) is 45.6 Å². The molecule has 9 heteroatoms. The minimum atomic E-state index is 0. The summed E-state index contributed by atoms with van der Waals surface area (Å²) in [6.45, 7) is 11.8. The van der Waals surface area contributed by atoms with Gasteiger partial charge >= 0.3 is 0 Å². The summed E-state index contributed by atoms with van der Waals surface area (Å²) in [5.41, 5.74) is 3.63. The number of carbonyl (C=O) groups is 1. The fourth-order valence-corrected chi connectivity index (χ4v) is 4.34. The number of rotatable bonds is 7. The first-order chi connectivity index (χ1) is 14.4. The number of guanidine groups is 1. The number of aliphatic imine (C=N–C) groups is 1. The minimum Gasteiger partial charge on any atom is -0.355 e. The average molecular weight is 546 g/mol. The van der Waals surface area contributed by atoms with Crippen molar-refractivity contribution in [3.8, 4) is 0 Å². The van der Waals surface area contributed by atoms with Gasteiger partial charge in [0.15, 0.2) is 5.96 Å². The number of amides is 1. The lowest BCUT2D eigenvalue weighted by Gasteiger charge is -2.38. The Morgan fingerprint density at radius 2 is 1.90 bits per heavy atom. The van der Waals surface area contributed by atoms with Crippen LogP contribution in [0.1, 0.15) is 43.1 Å². The lowest BCUT2D eigenvalue weighted by Crippen LogP contribution is -2.52. The van der Waals surface area contributed by atoms with E-state index in [9.17, 15) is 4.79 Å². The normalized spacial score (nSPS) is 18.9. The Bertz CT molecular complexity index is 751. The zero-order valence-corrected chi connectivity index (χ0v) is 22.1. The summed E-state index contributed by atoms with van der Waals surface area (Å²) >= 11 is 0. The van der Waals surface area contributed by atoms with E-state index in [0.717, 1.165) is 70.2 Å². The molecule has 0 bridgehead atoms. The summed E-state index contributed by atoms with van der Waals surface area (Å²) < 4.78 is 1.95. The highest BCUT2D eigenvalue weighted by molar-refractivity contribution is 14.0. The molecule has 1 saturated carbocycles. The smallest absolute Gasteiger partial charge is 0.225 e. The highest BCUT2D eigenvalue weighted by atomic mass is 127. The zero-order valence-electron chi connectivity index (χ0n) is 19.8. The van der Waals surface area contributed by atoms with Crippen molar-refractivity contribution < 1.29 is 4.79 Å². The number of piperazine rings is 1. The quantitative estimate of drug-likeness (QED) is 0.310. The van der Waals surface area contributed by atoms with Crippen LogP contribution in [0.2, 0.25) is 0 Å². The second-order valence-electron chi connectivity index (χ2n) is 8.82. The second kappa shape index (κ2) is 12.0. The predicted molar refractivity (Wildman–Crippen MR) is 136 cm³/mol. The maximum Gasteiger partial charge on any atom is 0.225 e. The van der Waals surface area contributed by atoms with E-state index in [4.69, 9.17) is 0 Å². The Kier molecular flexibility index (Phi) is 10.1. The van der Waals surface area contributed by atoms with Gasteiger partial charge < -0.3 is 15.5 Å². The molecule has 1 amide bonds. The van der Waals surface area contributed by atoms with Crippen molar-refractivity contribution in [2.45, 2.75) is 52.5 Å². The number of hydrogen-bond acceptors (Lipinski definition) is 4. The molecule has 1 aromatic rings. The van der Waals surface area contributed by atoms with Gasteiger partial charge in [-0.25, -0.2) is 0 Å². The Morgan fingerprint density at radius 3 is 2.42 bits per heavy atom. The standard InChI is InChI=1S/C22H39N7O.HI/c1-16(15-20-17(2)26-27(5)18(20)3)25-22(23-4)24-9-10-28-11-13-29(14-12-28)21(30)19-7-6-8-19;/h16,19H,6-15H2,1-5H3,(H2,23,24,25);1H. The number of aryl methyl sites for hydroxylation is 2. The number of aromatic nitrogens is 2. The van der Waals surface area contributed by atoms with E-state index in [1.807, 2.05) is 18.8 Å². The van der Waals surface area contributed by atoms with E-state index in [0.29, 0.717) is 11.8 Å². The highest BCUT2D eigenvalue weighted by Gasteiger charge is 2.31. The van der Waals surface area contributed by atoms with Crippen LogP contribution >= 0.6 is 24.0 Å². The van der Waals surface area contributed by atoms with Crippen LogP contribution in [-0.4, -0.2) is 83.8 Å². The molecule has 1 aliphatic carbocycles. The third-order valence-corrected chi connectivity index (χ3v) is 6.63. The van der Waals surface area contributed by atoms with Crippen molar-refractivity contribution in [2.24, 2.45) is 18.0 Å². The highest BCUT2D eigenvalue weighted by Crippen LogP contribution is 2.28. The molecule has 8 nitrogen and oxygen atoms in total. The van der Waals surface area contributed by atoms with E-state index in [-0.39, 0.29) is 30.0 Å². The van der Waals surface area contributed by atoms with Crippen LogP contribution in [-0.2, 0) is 18.3 Å². The van der Waals surface area contributed by atoms with Crippen molar-refractivity contribution in [3.05, 3.63) is 17.0 Å². The van der Waals surface area contributed by atoms with E-state index >= 15 is 0 Å². The molecule has 3 rings (SSSR count). The van der Waals surface area contributed by atoms with E-state index in [1.54, 1.807) is 0 Å². The molecule has 31 heavy (non-hydrogen) atoms. The fraction of sp³-hybridized carbons (Fsp3) is 0.773. The maximum atomic E-state index is 12.4. The van der Waals surface area contributed by atoms with Crippen LogP contribution in [0.5, 0.6) is 0 Å². The van der Waals surface area contributed by atoms with Crippen molar-refractivity contribution in [1.29, 1.82) is 0 Å². The van der Waals surface area contributed by atoms with Crippen molar-refractivity contribution >= 4 is 35.8 Å². The summed E-state index contributed by atoms with van der Waals surface area (Å²) in [6, 6.07) is 0.263. The number of carbonyl (C=O) groups excluding carboxylic acids is 1. The first kappa shape index (κ1) is 25.9. The van der Waals surface area contributed by atoms with Gasteiger partial charge in [-0.2, -0.15) is 5.10 Å². The van der Waals surface area contributed by atoms with Crippen molar-refractivity contribution in [3.63, 3.8) is 0 Å². The monoisotopic (exact) mass is 545 g/mol. The fourth-order valence-electron chi connectivity index (χ4n) is 4.34. The van der Waals surface area contributed by atoms with Crippen LogP contribution in [0, 0.1) is 19.8 Å². The van der Waals surface area contributed by atoms with E-state index in [1.165, 1.54) is 17.7 Å². The summed E-state index contributed by atoms with van der Waals surface area (Å²) in [5.74, 6) is 1.53. The van der Waals surface area contributed by atoms with Crippen LogP contribution in [0.3, 0.4) is 0 Å². The van der Waals surface area contributed by atoms with Gasteiger partial charge in [0.05, 0.1) is 5.69 Å². The Labute approximate surface area is 204 Å². The molecule has 176 valence electrons. The zero-order chi connectivity index (χ0) is 21.7. The largest absolute Gasteiger partial charge is 0.355 e. The first-order valence-corrected chi connectivity index (χ1v) is 11.4. The summed E-state index contributed by atoms with van der Waals surface area (Å²) in [6.07, 6.45) is 4.32. The molecule has 1 saturated heterocycles. The van der Waals surface area contributed by atoms with Gasteiger partial charge in [0.2, 0.25) is 5.91 Å². The minimum absolute atomic E-state index is 0. The molecule has 1 aromatic heterocycles. The molecular formula is C22H40IN7O. The third-order valence-electron chi connectivity index (χ3n) is 6.63. The lowest BCUT2D eigenvalue weighted by molar-refractivity contribution is -0.139. The SMILES string of the molecule is CN=C(NCCN1CCN(C(=O)C2CCC2)CC1)NC(C)Cc1c(C)nn(C)c1C.I. The Balaban J connectivity index is 0.00000341. The first-order valence-electron chi connectivity index (χ1n) is 11.4. The topological polar surface area (TPSA) is 77.8 Å². The van der Waals surface area contributed by atoms with Crippen LogP contribution in [0.25, 0.3) is 0 Å². The molecule has 0 aromatic carbocycles. The number of hydrogen-bond donors (Lipinski definition) is 2. The summed E-state index contributed by atoms with van der Waals surface area (Å²) in [4.78, 5) is 21.2. The summed E-state index contributed by atoms with van der Waals surface area (Å²) in [5, 5.41) is 11.4. The Morgan fingerprint density at radius 1 is 1.23 bits per heavy atom. The molecule has 2 N–H and O–H groups in total. The van der Waals surface area contributed by atoms with Gasteiger partial charge in [-0.3, -0.25) is 19.4 Å². The second-order valence-corrected chi connectivity index (χ2v) is 8.82. The number of nitrogens with one attached hydrogen (secondary N) is 2. The summed E-state index contributed by atoms with van der Waals surface area (Å²) in [7, 11) is 3.81. The van der Waals surface area contributed by atoms with E-state index in [2.05, 4.69) is 51.3 Å². The molecule has 2 aliphatic rings. The number of nitrogens with zero attached hydrogens (tertiary/aromatic N) is 5. The molecule has 0 spiro atoms. The third kappa shape index (κ3) is 6.81. The van der Waals surface area contributed by atoms with Gasteiger partial charge in [0, 0.05) is 71.0 Å². The van der Waals surface area contributed by atoms with E-state index < -0.39 is 0 Å². The van der Waals surface area contributed by atoms with Gasteiger partial charge in [-0.1, -0.05) is 6.42 Å². The molecule has 1 atom stereocenters. The van der Waals surface area contributed by atoms with Crippen LogP contribution in [0.15, 0.2) is 4.99 Å². The lowest BCUT2D eigenvalue weighted by atomic mass is 9.84. The molecule has 1 unspecified atom stereocenters. The molecular weight excluding hydrogens is 505 g/mol. The Hall–Kier alpha value is -1.36. The molecule has 2 fully saturated rings. The molecule has 0 radical (unpaired) electrons. The van der Waals surface area contributed by atoms with Crippen LogP contribution < -0.4 is 10.6 Å². The molecule has 1 aliphatic heterocycles. The predicted octanol–water partition coefficient (Wildman–Crippen LogP) is 1.70. The van der Waals surface area contributed by atoms with Gasteiger partial charge in [0.1, 0.15) is 0 Å². The number of halogens is 1. The van der Waals surface area contributed by atoms with Crippen molar-refractivity contribution in [1.82, 2.24) is 30.2 Å². The molecule has 2 heterocycles. The van der Waals surface area contributed by atoms with Gasteiger partial charge in [0.25, 0.3) is 0 Å².